The van der Waals surface area contributed by atoms with Gasteiger partial charge in [0.1, 0.15) is 12.6 Å². The highest BCUT2D eigenvalue weighted by Crippen LogP contribution is 2.33. The molecule has 0 aliphatic carbocycles. The summed E-state index contributed by atoms with van der Waals surface area (Å²) in [5.74, 6) is -1.18. The van der Waals surface area contributed by atoms with Gasteiger partial charge in [0.2, 0.25) is 11.8 Å². The number of rotatable bonds is 10. The van der Waals surface area contributed by atoms with E-state index in [0.717, 1.165) is 12.1 Å². The van der Waals surface area contributed by atoms with Crippen molar-refractivity contribution in [2.75, 3.05) is 10.8 Å². The zero-order valence-corrected chi connectivity index (χ0v) is 24.2. The van der Waals surface area contributed by atoms with Crippen molar-refractivity contribution >= 4 is 27.5 Å². The molecule has 1 unspecified atom stereocenters. The van der Waals surface area contributed by atoms with E-state index in [-0.39, 0.29) is 23.5 Å². The number of sulfonamides is 1. The van der Waals surface area contributed by atoms with Crippen LogP contribution in [0.15, 0.2) is 89.8 Å². The molecule has 11 heteroatoms. The van der Waals surface area contributed by atoms with E-state index in [1.54, 1.807) is 64.1 Å². The van der Waals surface area contributed by atoms with Crippen LogP contribution < -0.4 is 9.62 Å². The lowest BCUT2D eigenvalue weighted by molar-refractivity contribution is -0.141. The van der Waals surface area contributed by atoms with Gasteiger partial charge in [-0.3, -0.25) is 13.9 Å². The topological polar surface area (TPSA) is 86.8 Å². The van der Waals surface area contributed by atoms with Crippen molar-refractivity contribution in [1.29, 1.82) is 0 Å². The Kier molecular flexibility index (Phi) is 9.85. The SMILES string of the molecule is CCC(C(=O)NC(C)(C)C)N(Cc1ccccc1)C(=O)CN(c1cccc(C(F)(F)F)c1)S(=O)(=O)c1ccccc1. The highest BCUT2D eigenvalue weighted by Gasteiger charge is 2.36. The van der Waals surface area contributed by atoms with E-state index < -0.39 is 51.7 Å². The van der Waals surface area contributed by atoms with Crippen molar-refractivity contribution in [2.45, 2.75) is 63.3 Å². The molecule has 1 atom stereocenters. The van der Waals surface area contributed by atoms with E-state index in [1.165, 1.54) is 35.2 Å². The molecular weight excluding hydrogens is 555 g/mol. The molecule has 0 saturated carbocycles. The fourth-order valence-corrected chi connectivity index (χ4v) is 5.67. The Morgan fingerprint density at radius 1 is 0.878 bits per heavy atom. The predicted octanol–water partition coefficient (Wildman–Crippen LogP) is 5.62. The van der Waals surface area contributed by atoms with E-state index >= 15 is 0 Å². The number of nitrogens with one attached hydrogen (secondary N) is 1. The highest BCUT2D eigenvalue weighted by atomic mass is 32.2. The third-order valence-corrected chi connectivity index (χ3v) is 7.94. The van der Waals surface area contributed by atoms with Gasteiger partial charge < -0.3 is 10.2 Å². The summed E-state index contributed by atoms with van der Waals surface area (Å²) >= 11 is 0. The van der Waals surface area contributed by atoms with Crippen molar-refractivity contribution < 1.29 is 31.2 Å². The number of alkyl halides is 3. The molecule has 0 fully saturated rings. The van der Waals surface area contributed by atoms with Crippen molar-refractivity contribution in [3.63, 3.8) is 0 Å². The van der Waals surface area contributed by atoms with Crippen molar-refractivity contribution in [3.8, 4) is 0 Å². The summed E-state index contributed by atoms with van der Waals surface area (Å²) in [4.78, 5) is 28.4. The van der Waals surface area contributed by atoms with Gasteiger partial charge in [0.05, 0.1) is 16.1 Å². The van der Waals surface area contributed by atoms with Gasteiger partial charge >= 0.3 is 6.18 Å². The van der Waals surface area contributed by atoms with Crippen LogP contribution in [0, 0.1) is 0 Å². The van der Waals surface area contributed by atoms with E-state index in [1.807, 2.05) is 0 Å². The molecule has 3 aromatic carbocycles. The van der Waals surface area contributed by atoms with Gasteiger partial charge in [0.15, 0.2) is 0 Å². The van der Waals surface area contributed by atoms with Gasteiger partial charge in [0, 0.05) is 12.1 Å². The normalized spacial score (nSPS) is 12.9. The fourth-order valence-electron chi connectivity index (χ4n) is 4.24. The zero-order valence-electron chi connectivity index (χ0n) is 23.4. The molecule has 3 rings (SSSR count). The van der Waals surface area contributed by atoms with E-state index in [9.17, 15) is 31.2 Å². The highest BCUT2D eigenvalue weighted by molar-refractivity contribution is 7.92. The second-order valence-electron chi connectivity index (χ2n) is 10.5. The first-order valence-corrected chi connectivity index (χ1v) is 14.5. The third-order valence-electron chi connectivity index (χ3n) is 6.15. The van der Waals surface area contributed by atoms with Crippen LogP contribution in [0.5, 0.6) is 0 Å². The van der Waals surface area contributed by atoms with Crippen LogP contribution in [0.1, 0.15) is 45.2 Å². The number of anilines is 1. The van der Waals surface area contributed by atoms with Crippen molar-refractivity contribution in [2.24, 2.45) is 0 Å². The molecule has 0 radical (unpaired) electrons. The number of hydrogen-bond acceptors (Lipinski definition) is 4. The van der Waals surface area contributed by atoms with E-state index in [0.29, 0.717) is 15.9 Å². The largest absolute Gasteiger partial charge is 0.416 e. The number of carbonyl (C=O) groups excluding carboxylic acids is 2. The maximum atomic E-state index is 14.0. The summed E-state index contributed by atoms with van der Waals surface area (Å²) in [6, 6.07) is 18.8. The van der Waals surface area contributed by atoms with Crippen LogP contribution in [0.4, 0.5) is 18.9 Å². The molecule has 41 heavy (non-hydrogen) atoms. The standard InChI is InChI=1S/C30H34F3N3O4S/c1-5-26(28(38)34-29(2,3)4)35(20-22-13-8-6-9-14-22)27(37)21-36(41(39,40)25-17-10-7-11-18-25)24-16-12-15-23(19-24)30(31,32)33/h6-19,26H,5,20-21H2,1-4H3,(H,34,38). The first-order chi connectivity index (χ1) is 19.1. The van der Waals surface area contributed by atoms with Crippen LogP contribution in [-0.2, 0) is 32.3 Å². The average Bonchev–Trinajstić information content (AvgIpc) is 2.91. The van der Waals surface area contributed by atoms with E-state index in [4.69, 9.17) is 0 Å². The third kappa shape index (κ3) is 8.32. The van der Waals surface area contributed by atoms with Gasteiger partial charge in [-0.2, -0.15) is 13.2 Å². The molecule has 2 amide bonds. The average molecular weight is 590 g/mol. The Labute approximate surface area is 239 Å². The molecule has 220 valence electrons. The maximum absolute atomic E-state index is 14.0. The molecule has 1 N–H and O–H groups in total. The smallest absolute Gasteiger partial charge is 0.350 e. The van der Waals surface area contributed by atoms with Crippen LogP contribution in [-0.4, -0.2) is 43.3 Å². The molecule has 0 spiro atoms. The number of carbonyl (C=O) groups is 2. The molecule has 0 heterocycles. The number of benzene rings is 3. The number of amides is 2. The Bertz CT molecular complexity index is 1440. The second-order valence-corrected chi connectivity index (χ2v) is 12.4. The van der Waals surface area contributed by atoms with Gasteiger partial charge in [-0.05, 0) is 63.1 Å². The predicted molar refractivity (Wildman–Crippen MR) is 151 cm³/mol. The molecular formula is C30H34F3N3O4S. The summed E-state index contributed by atoms with van der Waals surface area (Å²) in [6.07, 6.45) is -4.52. The quantitative estimate of drug-likeness (QED) is 0.333. The van der Waals surface area contributed by atoms with Crippen LogP contribution >= 0.6 is 0 Å². The minimum atomic E-state index is -4.74. The van der Waals surface area contributed by atoms with E-state index in [2.05, 4.69) is 5.32 Å². The summed E-state index contributed by atoms with van der Waals surface area (Å²) in [7, 11) is -4.48. The Morgan fingerprint density at radius 3 is 2.00 bits per heavy atom. The van der Waals surface area contributed by atoms with Crippen LogP contribution in [0.3, 0.4) is 0 Å². The lowest BCUT2D eigenvalue weighted by atomic mass is 10.1. The minimum absolute atomic E-state index is 0.0163. The summed E-state index contributed by atoms with van der Waals surface area (Å²) < 4.78 is 68.9. The van der Waals surface area contributed by atoms with Crippen molar-refractivity contribution in [1.82, 2.24) is 10.2 Å². The van der Waals surface area contributed by atoms with Gasteiger partial charge in [0.25, 0.3) is 10.0 Å². The van der Waals surface area contributed by atoms with Gasteiger partial charge in [-0.25, -0.2) is 8.42 Å². The molecule has 0 saturated heterocycles. The Balaban J connectivity index is 2.11. The second kappa shape index (κ2) is 12.8. The number of hydrogen-bond donors (Lipinski definition) is 1. The number of nitrogens with zero attached hydrogens (tertiary/aromatic N) is 2. The molecule has 3 aromatic rings. The Morgan fingerprint density at radius 2 is 1.46 bits per heavy atom. The maximum Gasteiger partial charge on any atom is 0.416 e. The molecule has 0 aliphatic heterocycles. The number of halogens is 3. The summed E-state index contributed by atoms with van der Waals surface area (Å²) in [5.41, 5.74) is -1.30. The lowest BCUT2D eigenvalue weighted by Gasteiger charge is -2.34. The first-order valence-electron chi connectivity index (χ1n) is 13.0. The summed E-state index contributed by atoms with van der Waals surface area (Å²) in [6.45, 7) is 6.26. The minimum Gasteiger partial charge on any atom is -0.350 e. The monoisotopic (exact) mass is 589 g/mol. The van der Waals surface area contributed by atoms with Crippen molar-refractivity contribution in [3.05, 3.63) is 96.1 Å². The molecule has 0 aliphatic rings. The zero-order chi connectivity index (χ0) is 30.4. The molecule has 0 aromatic heterocycles. The molecule has 7 nitrogen and oxygen atoms in total. The Hall–Kier alpha value is -3.86. The molecule has 0 bridgehead atoms. The first kappa shape index (κ1) is 31.7. The lowest BCUT2D eigenvalue weighted by Crippen LogP contribution is -2.55. The van der Waals surface area contributed by atoms with Gasteiger partial charge in [-0.15, -0.1) is 0 Å². The van der Waals surface area contributed by atoms with Gasteiger partial charge in [-0.1, -0.05) is 61.5 Å². The van der Waals surface area contributed by atoms with Crippen LogP contribution in [0.25, 0.3) is 0 Å². The van der Waals surface area contributed by atoms with Crippen LogP contribution in [0.2, 0.25) is 0 Å². The summed E-state index contributed by atoms with van der Waals surface area (Å²) in [5, 5.41) is 2.87. The fraction of sp³-hybridized carbons (Fsp3) is 0.333.